The van der Waals surface area contributed by atoms with Gasteiger partial charge in [-0.2, -0.15) is 0 Å². The molecule has 1 aliphatic heterocycles. The molecule has 3 N–H and O–H groups in total. The largest absolute Gasteiger partial charge is 0.338 e. The number of anilines is 1. The van der Waals surface area contributed by atoms with Crippen LogP contribution in [0.3, 0.4) is 0 Å². The SMILES string of the molecule is CCCS(=O)(=O)Nc1ccc(C(=O)N2CCC(CN)C2)cc1. The lowest BCUT2D eigenvalue weighted by Gasteiger charge is -2.16. The molecule has 1 heterocycles. The van der Waals surface area contributed by atoms with Crippen molar-refractivity contribution in [2.45, 2.75) is 19.8 Å². The highest BCUT2D eigenvalue weighted by Gasteiger charge is 2.25. The van der Waals surface area contributed by atoms with E-state index in [0.717, 1.165) is 13.0 Å². The molecule has 0 radical (unpaired) electrons. The van der Waals surface area contributed by atoms with Gasteiger partial charge < -0.3 is 10.6 Å². The van der Waals surface area contributed by atoms with E-state index in [1.807, 2.05) is 6.92 Å². The molecule has 7 heteroatoms. The van der Waals surface area contributed by atoms with E-state index >= 15 is 0 Å². The molecule has 1 aliphatic rings. The Balaban J connectivity index is 2.01. The van der Waals surface area contributed by atoms with E-state index in [1.54, 1.807) is 29.2 Å². The molecule has 2 rings (SSSR count). The predicted octanol–water partition coefficient (Wildman–Crippen LogP) is 1.26. The van der Waals surface area contributed by atoms with Crippen molar-refractivity contribution in [3.8, 4) is 0 Å². The lowest BCUT2D eigenvalue weighted by atomic mass is 10.1. The second kappa shape index (κ2) is 7.11. The van der Waals surface area contributed by atoms with Crippen LogP contribution in [-0.4, -0.2) is 44.6 Å². The summed E-state index contributed by atoms with van der Waals surface area (Å²) in [6.07, 6.45) is 1.50. The highest BCUT2D eigenvalue weighted by Crippen LogP contribution is 2.19. The number of likely N-dealkylation sites (tertiary alicyclic amines) is 1. The molecule has 0 bridgehead atoms. The first-order valence-electron chi connectivity index (χ1n) is 7.55. The molecule has 0 spiro atoms. The van der Waals surface area contributed by atoms with Crippen LogP contribution in [0.15, 0.2) is 24.3 Å². The van der Waals surface area contributed by atoms with Crippen LogP contribution in [0.5, 0.6) is 0 Å². The summed E-state index contributed by atoms with van der Waals surface area (Å²) in [7, 11) is -3.30. The van der Waals surface area contributed by atoms with Gasteiger partial charge in [-0.25, -0.2) is 8.42 Å². The zero-order valence-electron chi connectivity index (χ0n) is 12.8. The van der Waals surface area contributed by atoms with Crippen LogP contribution in [0.4, 0.5) is 5.69 Å². The highest BCUT2D eigenvalue weighted by atomic mass is 32.2. The van der Waals surface area contributed by atoms with Gasteiger partial charge in [-0.15, -0.1) is 0 Å². The Kier molecular flexibility index (Phi) is 5.42. The molecule has 1 unspecified atom stereocenters. The van der Waals surface area contributed by atoms with E-state index in [1.165, 1.54) is 0 Å². The molecule has 0 aromatic heterocycles. The number of amides is 1. The van der Waals surface area contributed by atoms with Crippen molar-refractivity contribution < 1.29 is 13.2 Å². The van der Waals surface area contributed by atoms with E-state index in [4.69, 9.17) is 5.73 Å². The average molecular weight is 325 g/mol. The number of carbonyl (C=O) groups excluding carboxylic acids is 1. The van der Waals surface area contributed by atoms with Crippen molar-refractivity contribution in [1.29, 1.82) is 0 Å². The number of hydrogen-bond donors (Lipinski definition) is 2. The van der Waals surface area contributed by atoms with Crippen LogP contribution in [0.2, 0.25) is 0 Å². The molecule has 1 fully saturated rings. The third-order valence-corrected chi connectivity index (χ3v) is 5.28. The Labute approximate surface area is 131 Å². The van der Waals surface area contributed by atoms with Crippen molar-refractivity contribution in [1.82, 2.24) is 4.90 Å². The van der Waals surface area contributed by atoms with E-state index < -0.39 is 10.0 Å². The van der Waals surface area contributed by atoms with Crippen LogP contribution < -0.4 is 10.5 Å². The van der Waals surface area contributed by atoms with Gasteiger partial charge in [0.05, 0.1) is 5.75 Å². The van der Waals surface area contributed by atoms with Gasteiger partial charge in [0, 0.05) is 24.3 Å². The van der Waals surface area contributed by atoms with Gasteiger partial charge in [0.2, 0.25) is 10.0 Å². The number of nitrogens with two attached hydrogens (primary N) is 1. The zero-order chi connectivity index (χ0) is 16.2. The Morgan fingerprint density at radius 2 is 2.05 bits per heavy atom. The summed E-state index contributed by atoms with van der Waals surface area (Å²) in [4.78, 5) is 14.2. The van der Waals surface area contributed by atoms with Crippen molar-refractivity contribution in [3.63, 3.8) is 0 Å². The first-order valence-corrected chi connectivity index (χ1v) is 9.20. The third kappa shape index (κ3) is 4.20. The third-order valence-electron chi connectivity index (χ3n) is 3.78. The maximum absolute atomic E-state index is 12.4. The number of nitrogens with one attached hydrogen (secondary N) is 1. The average Bonchev–Trinajstić information content (AvgIpc) is 2.95. The minimum atomic E-state index is -3.30. The minimum Gasteiger partial charge on any atom is -0.338 e. The summed E-state index contributed by atoms with van der Waals surface area (Å²) >= 11 is 0. The molecular formula is C15H23N3O3S. The van der Waals surface area contributed by atoms with Gasteiger partial charge in [-0.05, 0) is 49.6 Å². The van der Waals surface area contributed by atoms with E-state index in [-0.39, 0.29) is 11.7 Å². The fourth-order valence-corrected chi connectivity index (χ4v) is 3.71. The van der Waals surface area contributed by atoms with Crippen molar-refractivity contribution in [2.75, 3.05) is 30.1 Å². The summed E-state index contributed by atoms with van der Waals surface area (Å²) < 4.78 is 25.9. The summed E-state index contributed by atoms with van der Waals surface area (Å²) in [5, 5.41) is 0. The van der Waals surface area contributed by atoms with Crippen LogP contribution in [0.1, 0.15) is 30.1 Å². The van der Waals surface area contributed by atoms with E-state index in [2.05, 4.69) is 4.72 Å². The molecule has 122 valence electrons. The molecule has 0 saturated carbocycles. The molecule has 1 atom stereocenters. The van der Waals surface area contributed by atoms with Crippen LogP contribution in [-0.2, 0) is 10.0 Å². The van der Waals surface area contributed by atoms with Gasteiger partial charge in [0.1, 0.15) is 0 Å². The van der Waals surface area contributed by atoms with E-state index in [0.29, 0.717) is 36.7 Å². The van der Waals surface area contributed by atoms with Gasteiger partial charge in [-0.1, -0.05) is 6.92 Å². The van der Waals surface area contributed by atoms with Gasteiger partial charge in [-0.3, -0.25) is 9.52 Å². The zero-order valence-corrected chi connectivity index (χ0v) is 13.6. The maximum Gasteiger partial charge on any atom is 0.253 e. The molecule has 1 amide bonds. The minimum absolute atomic E-state index is 0.0288. The Hall–Kier alpha value is -1.60. The summed E-state index contributed by atoms with van der Waals surface area (Å²) in [5.74, 6) is 0.435. The monoisotopic (exact) mass is 325 g/mol. The van der Waals surface area contributed by atoms with Gasteiger partial charge in [0.25, 0.3) is 5.91 Å². The fourth-order valence-electron chi connectivity index (χ4n) is 2.57. The number of hydrogen-bond acceptors (Lipinski definition) is 4. The summed E-state index contributed by atoms with van der Waals surface area (Å²) in [6.45, 7) is 3.83. The lowest BCUT2D eigenvalue weighted by molar-refractivity contribution is 0.0787. The van der Waals surface area contributed by atoms with Crippen molar-refractivity contribution >= 4 is 21.6 Å². The Bertz CT molecular complexity index is 613. The number of nitrogens with zero attached hydrogens (tertiary/aromatic N) is 1. The predicted molar refractivity (Wildman–Crippen MR) is 87.2 cm³/mol. The Morgan fingerprint density at radius 3 is 2.59 bits per heavy atom. The number of sulfonamides is 1. The van der Waals surface area contributed by atoms with Crippen LogP contribution in [0, 0.1) is 5.92 Å². The topological polar surface area (TPSA) is 92.5 Å². The summed E-state index contributed by atoms with van der Waals surface area (Å²) in [5.41, 5.74) is 6.68. The molecular weight excluding hydrogens is 302 g/mol. The number of rotatable bonds is 6. The van der Waals surface area contributed by atoms with Gasteiger partial charge >= 0.3 is 0 Å². The quantitative estimate of drug-likeness (QED) is 0.823. The molecule has 0 aliphatic carbocycles. The molecule has 1 saturated heterocycles. The number of carbonyl (C=O) groups is 1. The van der Waals surface area contributed by atoms with Crippen molar-refractivity contribution in [3.05, 3.63) is 29.8 Å². The van der Waals surface area contributed by atoms with Crippen LogP contribution in [0.25, 0.3) is 0 Å². The van der Waals surface area contributed by atoms with Crippen molar-refractivity contribution in [2.24, 2.45) is 11.7 Å². The smallest absolute Gasteiger partial charge is 0.253 e. The normalized spacial score (nSPS) is 18.5. The number of benzene rings is 1. The molecule has 1 aromatic rings. The Morgan fingerprint density at radius 1 is 1.36 bits per heavy atom. The fraction of sp³-hybridized carbons (Fsp3) is 0.533. The van der Waals surface area contributed by atoms with Gasteiger partial charge in [0.15, 0.2) is 0 Å². The lowest BCUT2D eigenvalue weighted by Crippen LogP contribution is -2.29. The first kappa shape index (κ1) is 16.8. The molecule has 6 nitrogen and oxygen atoms in total. The van der Waals surface area contributed by atoms with Crippen LogP contribution >= 0.6 is 0 Å². The summed E-state index contributed by atoms with van der Waals surface area (Å²) in [6, 6.07) is 6.55. The standard InChI is InChI=1S/C15H23N3O3S/c1-2-9-22(20,21)17-14-5-3-13(4-6-14)15(19)18-8-7-12(10-16)11-18/h3-6,12,17H,2,7-11,16H2,1H3. The van der Waals surface area contributed by atoms with E-state index in [9.17, 15) is 13.2 Å². The highest BCUT2D eigenvalue weighted by molar-refractivity contribution is 7.92. The second-order valence-corrected chi connectivity index (χ2v) is 7.48. The molecule has 1 aromatic carbocycles. The second-order valence-electron chi connectivity index (χ2n) is 5.64. The first-order chi connectivity index (χ1) is 10.4. The maximum atomic E-state index is 12.4. The molecule has 22 heavy (non-hydrogen) atoms.